The number of rotatable bonds is 50. The van der Waals surface area contributed by atoms with E-state index in [9.17, 15) is 33.9 Å². The number of carbonyl (C=O) groups excluding carboxylic acids is 6. The van der Waals surface area contributed by atoms with Crippen molar-refractivity contribution in [1.82, 2.24) is 4.90 Å². The molecule has 398 valence electrons. The largest absolute Gasteiger partial charge is 0.465 e. The number of esters is 6. The Morgan fingerprint density at radius 2 is 0.515 bits per heavy atom. The van der Waals surface area contributed by atoms with Crippen LogP contribution in [0.25, 0.3) is 0 Å². The highest BCUT2D eigenvalue weighted by molar-refractivity contribution is 5.71. The lowest BCUT2D eigenvalue weighted by atomic mass is 10.1. The molecule has 0 atom stereocenters. The van der Waals surface area contributed by atoms with Gasteiger partial charge in [0.2, 0.25) is 0 Å². The lowest BCUT2D eigenvalue weighted by Gasteiger charge is -2.21. The standard InChI is InChI=1S/C54H99NO13/c1-5-9-13-17-23-31-49(57)63-41-47(42-64-50(58)32-24-18-14-10-6-2)45-67-53(61)35-27-21-29-37-55(39-40-56)38-30-22-28-36-54(62)68-46-48(43-65-51(59)33-25-19-15-11-7-3)44-66-52(60)34-26-20-16-12-8-4/h47-48,56H,5-46H2,1-4H3. The molecule has 0 saturated carbocycles. The molecule has 0 heterocycles. The number of nitrogens with zero attached hydrogens (tertiary/aromatic N) is 1. The summed E-state index contributed by atoms with van der Waals surface area (Å²) < 4.78 is 33.1. The fourth-order valence-corrected chi connectivity index (χ4v) is 7.52. The summed E-state index contributed by atoms with van der Waals surface area (Å²) in [6, 6.07) is 0. The van der Waals surface area contributed by atoms with Crippen molar-refractivity contribution in [1.29, 1.82) is 0 Å². The molecular formula is C54H99NO13. The van der Waals surface area contributed by atoms with Crippen LogP contribution in [0.5, 0.6) is 0 Å². The first-order valence-corrected chi connectivity index (χ1v) is 27.3. The summed E-state index contributed by atoms with van der Waals surface area (Å²) in [5.41, 5.74) is 0. The highest BCUT2D eigenvalue weighted by atomic mass is 16.6. The molecule has 0 radical (unpaired) electrons. The Bertz CT molecular complexity index is 1100. The molecule has 0 rings (SSSR count). The first-order valence-electron chi connectivity index (χ1n) is 27.3. The third kappa shape index (κ3) is 44.0. The first kappa shape index (κ1) is 64.7. The molecule has 0 saturated heterocycles. The van der Waals surface area contributed by atoms with Gasteiger partial charge in [-0.2, -0.15) is 0 Å². The van der Waals surface area contributed by atoms with Crippen LogP contribution in [-0.2, 0) is 57.2 Å². The van der Waals surface area contributed by atoms with Crippen molar-refractivity contribution in [2.24, 2.45) is 11.8 Å². The molecule has 0 aromatic carbocycles. The van der Waals surface area contributed by atoms with Crippen molar-refractivity contribution in [3.8, 4) is 0 Å². The second-order valence-electron chi connectivity index (χ2n) is 18.7. The van der Waals surface area contributed by atoms with E-state index in [4.69, 9.17) is 28.4 Å². The minimum Gasteiger partial charge on any atom is -0.465 e. The maximum Gasteiger partial charge on any atom is 0.305 e. The van der Waals surface area contributed by atoms with Crippen molar-refractivity contribution < 1.29 is 62.3 Å². The third-order valence-corrected chi connectivity index (χ3v) is 11.9. The molecule has 14 heteroatoms. The smallest absolute Gasteiger partial charge is 0.305 e. The Hall–Kier alpha value is -3.26. The van der Waals surface area contributed by atoms with E-state index in [2.05, 4.69) is 32.6 Å². The molecule has 0 aromatic heterocycles. The average Bonchev–Trinajstić information content (AvgIpc) is 3.32. The molecule has 0 unspecified atom stereocenters. The van der Waals surface area contributed by atoms with Gasteiger partial charge in [0.05, 0.1) is 18.4 Å². The van der Waals surface area contributed by atoms with Gasteiger partial charge in [0.15, 0.2) is 0 Å². The fourth-order valence-electron chi connectivity index (χ4n) is 7.52. The number of unbranched alkanes of at least 4 members (excludes halogenated alkanes) is 20. The van der Waals surface area contributed by atoms with Gasteiger partial charge in [0, 0.05) is 45.1 Å². The number of aliphatic hydroxyl groups is 1. The quantitative estimate of drug-likeness (QED) is 0.0345. The molecule has 68 heavy (non-hydrogen) atoms. The van der Waals surface area contributed by atoms with Gasteiger partial charge in [-0.05, 0) is 64.5 Å². The van der Waals surface area contributed by atoms with Crippen LogP contribution in [-0.4, -0.2) is 112 Å². The van der Waals surface area contributed by atoms with Crippen LogP contribution < -0.4 is 0 Å². The average molecular weight is 970 g/mol. The Balaban J connectivity index is 4.67. The molecule has 0 fully saturated rings. The summed E-state index contributed by atoms with van der Waals surface area (Å²) in [7, 11) is 0. The van der Waals surface area contributed by atoms with Crippen molar-refractivity contribution in [2.75, 3.05) is 65.9 Å². The summed E-state index contributed by atoms with van der Waals surface area (Å²) in [6.45, 7) is 10.8. The summed E-state index contributed by atoms with van der Waals surface area (Å²) in [5.74, 6) is -2.75. The zero-order valence-electron chi connectivity index (χ0n) is 43.6. The Kier molecular flexibility index (Phi) is 46.4. The van der Waals surface area contributed by atoms with Crippen LogP contribution in [0.3, 0.4) is 0 Å². The predicted octanol–water partition coefficient (Wildman–Crippen LogP) is 11.3. The zero-order valence-corrected chi connectivity index (χ0v) is 43.6. The van der Waals surface area contributed by atoms with Crippen molar-refractivity contribution in [3.05, 3.63) is 0 Å². The number of hydrogen-bond donors (Lipinski definition) is 1. The maximum absolute atomic E-state index is 12.7. The second kappa shape index (κ2) is 48.8. The number of hydrogen-bond acceptors (Lipinski definition) is 14. The zero-order chi connectivity index (χ0) is 50.1. The normalized spacial score (nSPS) is 11.3. The minimum atomic E-state index is -0.438. The van der Waals surface area contributed by atoms with E-state index < -0.39 is 11.8 Å². The Labute approximate surface area is 412 Å². The summed E-state index contributed by atoms with van der Waals surface area (Å²) in [6.07, 6.45) is 26.9. The summed E-state index contributed by atoms with van der Waals surface area (Å²) in [4.78, 5) is 77.0. The van der Waals surface area contributed by atoms with Gasteiger partial charge in [0.25, 0.3) is 0 Å². The van der Waals surface area contributed by atoms with E-state index in [1.54, 1.807) is 0 Å². The molecule has 0 bridgehead atoms. The number of carbonyl (C=O) groups is 6. The first-order chi connectivity index (χ1) is 33.1. The van der Waals surface area contributed by atoms with Crippen molar-refractivity contribution in [3.63, 3.8) is 0 Å². The Morgan fingerprint density at radius 1 is 0.309 bits per heavy atom. The molecule has 0 aliphatic rings. The SMILES string of the molecule is CCCCCCCC(=O)OCC(COC(=O)CCCCCCC)COC(=O)CCCCCN(CCO)CCCCCC(=O)OCC(COC(=O)CCCCCCC)COC(=O)CCCCCCC. The molecule has 0 aliphatic carbocycles. The van der Waals surface area contributed by atoms with E-state index in [-0.39, 0.29) is 94.9 Å². The monoisotopic (exact) mass is 970 g/mol. The number of aliphatic hydroxyl groups excluding tert-OH is 1. The van der Waals surface area contributed by atoms with Gasteiger partial charge in [-0.3, -0.25) is 28.8 Å². The van der Waals surface area contributed by atoms with Crippen molar-refractivity contribution >= 4 is 35.8 Å². The molecule has 1 N–H and O–H groups in total. The van der Waals surface area contributed by atoms with Crippen LogP contribution in [0.4, 0.5) is 0 Å². The van der Waals surface area contributed by atoms with Crippen LogP contribution in [0, 0.1) is 11.8 Å². The van der Waals surface area contributed by atoms with Gasteiger partial charge in [-0.25, -0.2) is 0 Å². The minimum absolute atomic E-state index is 0.00186. The van der Waals surface area contributed by atoms with E-state index >= 15 is 0 Å². The van der Waals surface area contributed by atoms with Crippen LogP contribution >= 0.6 is 0 Å². The molecule has 0 amide bonds. The maximum atomic E-state index is 12.7. The van der Waals surface area contributed by atoms with Crippen LogP contribution in [0.15, 0.2) is 0 Å². The Morgan fingerprint density at radius 3 is 0.721 bits per heavy atom. The van der Waals surface area contributed by atoms with E-state index in [1.807, 2.05) is 0 Å². The lowest BCUT2D eigenvalue weighted by molar-refractivity contribution is -0.156. The van der Waals surface area contributed by atoms with Gasteiger partial charge >= 0.3 is 35.8 Å². The fraction of sp³-hybridized carbons (Fsp3) is 0.889. The summed E-state index contributed by atoms with van der Waals surface area (Å²) >= 11 is 0. The molecular weight excluding hydrogens is 871 g/mol. The van der Waals surface area contributed by atoms with Crippen molar-refractivity contribution in [2.45, 2.75) is 233 Å². The van der Waals surface area contributed by atoms with Gasteiger partial charge in [-0.1, -0.05) is 143 Å². The van der Waals surface area contributed by atoms with E-state index in [1.165, 1.54) is 0 Å². The highest BCUT2D eigenvalue weighted by Gasteiger charge is 2.20. The lowest BCUT2D eigenvalue weighted by Crippen LogP contribution is -2.29. The third-order valence-electron chi connectivity index (χ3n) is 11.9. The van der Waals surface area contributed by atoms with Gasteiger partial charge in [0.1, 0.15) is 39.6 Å². The number of ether oxygens (including phenoxy) is 6. The molecule has 14 nitrogen and oxygen atoms in total. The van der Waals surface area contributed by atoms with E-state index in [0.29, 0.717) is 45.1 Å². The van der Waals surface area contributed by atoms with Crippen LogP contribution in [0.2, 0.25) is 0 Å². The van der Waals surface area contributed by atoms with Crippen LogP contribution in [0.1, 0.15) is 233 Å². The molecule has 0 aromatic rings. The topological polar surface area (TPSA) is 181 Å². The van der Waals surface area contributed by atoms with E-state index in [0.717, 1.165) is 167 Å². The second-order valence-corrected chi connectivity index (χ2v) is 18.7. The summed E-state index contributed by atoms with van der Waals surface area (Å²) in [5, 5.41) is 9.66. The molecule has 0 aliphatic heterocycles. The van der Waals surface area contributed by atoms with Gasteiger partial charge < -0.3 is 38.4 Å². The molecule has 0 spiro atoms. The van der Waals surface area contributed by atoms with Gasteiger partial charge in [-0.15, -0.1) is 0 Å². The highest BCUT2D eigenvalue weighted by Crippen LogP contribution is 2.14. The predicted molar refractivity (Wildman–Crippen MR) is 267 cm³/mol.